The minimum atomic E-state index is -4.28. The van der Waals surface area contributed by atoms with E-state index in [1.165, 1.54) is 12.1 Å². The van der Waals surface area contributed by atoms with E-state index in [1.807, 2.05) is 32.0 Å². The lowest BCUT2D eigenvalue weighted by Crippen LogP contribution is -3.00. The van der Waals surface area contributed by atoms with Crippen molar-refractivity contribution < 1.29 is 39.6 Å². The number of fused-ring (bicyclic) bond motifs is 1. The van der Waals surface area contributed by atoms with Gasteiger partial charge in [0.05, 0.1) is 38.8 Å². The van der Waals surface area contributed by atoms with Gasteiger partial charge in [-0.25, -0.2) is 13.4 Å². The lowest BCUT2D eigenvalue weighted by Gasteiger charge is -2.40. The quantitative estimate of drug-likeness (QED) is 0.268. The van der Waals surface area contributed by atoms with Crippen LogP contribution in [0.5, 0.6) is 5.75 Å². The molecule has 2 fully saturated rings. The monoisotopic (exact) mass is 782 g/mol. The van der Waals surface area contributed by atoms with E-state index in [-0.39, 0.29) is 45.8 Å². The van der Waals surface area contributed by atoms with E-state index in [9.17, 15) is 18.0 Å². The summed E-state index contributed by atoms with van der Waals surface area (Å²) in [4.78, 5) is 35.0. The van der Waals surface area contributed by atoms with Crippen LogP contribution in [0.3, 0.4) is 0 Å². The third-order valence-corrected chi connectivity index (χ3v) is 12.2. The highest BCUT2D eigenvalue weighted by Crippen LogP contribution is 2.37. The fourth-order valence-corrected chi connectivity index (χ4v) is 9.27. The van der Waals surface area contributed by atoms with Gasteiger partial charge in [0, 0.05) is 47.8 Å². The number of quaternary nitrogens is 1. The molecule has 2 aliphatic rings. The average molecular weight is 784 g/mol. The van der Waals surface area contributed by atoms with Gasteiger partial charge in [-0.3, -0.25) is 9.59 Å². The molecule has 1 aliphatic heterocycles. The Labute approximate surface area is 317 Å². The molecule has 3 N–H and O–H groups in total. The maximum atomic E-state index is 14.1. The van der Waals surface area contributed by atoms with E-state index in [0.29, 0.717) is 75.1 Å². The zero-order chi connectivity index (χ0) is 36.4. The molecule has 51 heavy (non-hydrogen) atoms. The van der Waals surface area contributed by atoms with Gasteiger partial charge in [-0.15, -0.1) is 0 Å². The first-order valence-electron chi connectivity index (χ1n) is 17.2. The van der Waals surface area contributed by atoms with Crippen molar-refractivity contribution in [3.8, 4) is 5.75 Å². The smallest absolute Gasteiger partial charge is 0.243 e. The Morgan fingerprint density at radius 2 is 1.69 bits per heavy atom. The Balaban J connectivity index is 0.00000583. The molecule has 1 aromatic heterocycles. The maximum absolute atomic E-state index is 14.1. The molecule has 3 aromatic rings. The first-order chi connectivity index (χ1) is 23.5. The van der Waals surface area contributed by atoms with E-state index in [4.69, 9.17) is 33.7 Å². The number of hydrogen-bond donors (Lipinski definition) is 2. The van der Waals surface area contributed by atoms with Crippen LogP contribution < -0.4 is 27.6 Å². The zero-order valence-electron chi connectivity index (χ0n) is 30.0. The van der Waals surface area contributed by atoms with Gasteiger partial charge in [0.25, 0.3) is 0 Å². The molecule has 11 nitrogen and oxygen atoms in total. The first kappa shape index (κ1) is 41.1. The fourth-order valence-electron chi connectivity index (χ4n) is 6.96. The van der Waals surface area contributed by atoms with Crippen LogP contribution >= 0.6 is 23.2 Å². The average Bonchev–Trinajstić information content (AvgIpc) is 3.52. The summed E-state index contributed by atoms with van der Waals surface area (Å²) in [5, 5.41) is 1.12. The number of nitrogens with two attached hydrogens (primary N) is 1. The van der Waals surface area contributed by atoms with E-state index >= 15 is 0 Å². The number of halogens is 3. The molecule has 2 aromatic carbocycles. The molecule has 1 atom stereocenters. The summed E-state index contributed by atoms with van der Waals surface area (Å²) in [6.07, 6.45) is 3.54. The van der Waals surface area contributed by atoms with Gasteiger partial charge in [0.2, 0.25) is 21.8 Å². The number of nitrogens with one attached hydrogen (secondary N) is 1. The number of carbonyl (C=O) groups is 2. The van der Waals surface area contributed by atoms with Gasteiger partial charge in [0.15, 0.2) is 0 Å². The number of sulfonamides is 1. The van der Waals surface area contributed by atoms with Crippen molar-refractivity contribution in [1.82, 2.24) is 19.5 Å². The van der Waals surface area contributed by atoms with Crippen LogP contribution in [0.2, 0.25) is 10.0 Å². The summed E-state index contributed by atoms with van der Waals surface area (Å²) in [6, 6.07) is 9.87. The topological polar surface area (TPSA) is 135 Å². The minimum absolute atomic E-state index is 0. The lowest BCUT2D eigenvalue weighted by molar-refractivity contribution is -0.870. The van der Waals surface area contributed by atoms with Crippen molar-refractivity contribution in [2.45, 2.75) is 75.5 Å². The van der Waals surface area contributed by atoms with Crippen LogP contribution in [0.4, 0.5) is 0 Å². The number of aryl methyl sites for hydroxylation is 2. The molecule has 2 amide bonds. The molecule has 5 rings (SSSR count). The summed E-state index contributed by atoms with van der Waals surface area (Å²) >= 11 is 13.3. The molecule has 280 valence electrons. The second kappa shape index (κ2) is 16.5. The van der Waals surface area contributed by atoms with E-state index < -0.39 is 21.6 Å². The lowest BCUT2D eigenvalue weighted by atomic mass is 9.96. The van der Waals surface area contributed by atoms with Crippen molar-refractivity contribution >= 4 is 55.9 Å². The number of amides is 2. The number of para-hydroxylation sites is 1. The number of nitrogens with zero attached hydrogens (tertiary/aromatic N) is 4. The Morgan fingerprint density at radius 1 is 1.04 bits per heavy atom. The molecule has 15 heteroatoms. The van der Waals surface area contributed by atoms with Gasteiger partial charge in [-0.1, -0.05) is 48.2 Å². The van der Waals surface area contributed by atoms with E-state index in [2.05, 4.69) is 30.8 Å². The number of benzene rings is 2. The van der Waals surface area contributed by atoms with Crippen molar-refractivity contribution in [3.05, 3.63) is 63.3 Å². The first-order valence-corrected chi connectivity index (χ1v) is 19.4. The number of aromatic nitrogens is 1. The number of rotatable bonds is 12. The van der Waals surface area contributed by atoms with Crippen molar-refractivity contribution in [3.63, 3.8) is 0 Å². The Morgan fingerprint density at radius 3 is 2.33 bits per heavy atom. The van der Waals surface area contributed by atoms with Gasteiger partial charge >= 0.3 is 0 Å². The van der Waals surface area contributed by atoms with Gasteiger partial charge in [0.1, 0.15) is 28.3 Å². The van der Waals surface area contributed by atoms with Gasteiger partial charge in [-0.2, -0.15) is 4.72 Å². The van der Waals surface area contributed by atoms with E-state index in [0.717, 1.165) is 34.1 Å². The predicted molar refractivity (Wildman–Crippen MR) is 197 cm³/mol. The SMILES string of the molecule is Cc1cc(C)c2cccc(OCc3c(Cl)ccc(S(=O)(=O)NC4(C(=O)N5CCN(C(=O)C(N)CCC[N+](C)(C)C)CC5)CCCC4)c3Cl)c2n1.[Cl-]. The summed E-state index contributed by atoms with van der Waals surface area (Å²) in [5.41, 5.74) is 7.82. The van der Waals surface area contributed by atoms with Crippen LogP contribution in [0.15, 0.2) is 41.3 Å². The Kier molecular flexibility index (Phi) is 13.3. The second-order valence-corrected chi connectivity index (χ2v) is 17.1. The summed E-state index contributed by atoms with van der Waals surface area (Å²) in [6.45, 7) is 6.01. The second-order valence-electron chi connectivity index (χ2n) is 14.6. The fraction of sp³-hybridized carbons (Fsp3) is 0.528. The predicted octanol–water partition coefficient (Wildman–Crippen LogP) is 1.82. The highest BCUT2D eigenvalue weighted by molar-refractivity contribution is 7.89. The summed E-state index contributed by atoms with van der Waals surface area (Å²) < 4.78 is 37.8. The molecular formula is C36H49Cl3N6O5S. The number of piperazine rings is 1. The third-order valence-electron chi connectivity index (χ3n) is 9.69. The number of pyridine rings is 1. The molecule has 1 unspecified atom stereocenters. The van der Waals surface area contributed by atoms with Crippen molar-refractivity contribution in [2.24, 2.45) is 5.73 Å². The molecular weight excluding hydrogens is 735 g/mol. The molecule has 1 saturated heterocycles. The van der Waals surface area contributed by atoms with Crippen LogP contribution in [0.1, 0.15) is 55.3 Å². The van der Waals surface area contributed by atoms with Crippen LogP contribution in [-0.2, 0) is 26.2 Å². The standard InChI is InChI=1S/C36H49Cl2N6O5S.ClH/c1-24-22-25(2)40-33-26(24)10-8-12-30(33)49-23-27-28(37)13-14-31(32(27)38)50(47,48)41-36(15-6-7-16-36)35(46)43-19-17-42(18-20-43)34(45)29(39)11-9-21-44(3,4)5;/h8,10,12-14,22,29,41H,6-7,9,11,15-21,23,39H2,1-5H3;1H/q+1;/p-1. The molecule has 0 radical (unpaired) electrons. The largest absolute Gasteiger partial charge is 1.00 e. The number of ether oxygens (including phenoxy) is 1. The molecule has 1 aliphatic carbocycles. The zero-order valence-corrected chi connectivity index (χ0v) is 33.1. The Hall–Kier alpha value is -2.71. The highest BCUT2D eigenvalue weighted by atomic mass is 35.5. The maximum Gasteiger partial charge on any atom is 0.243 e. The molecule has 2 heterocycles. The number of carbonyl (C=O) groups excluding carboxylic acids is 2. The summed E-state index contributed by atoms with van der Waals surface area (Å²) in [5.74, 6) is 0.112. The van der Waals surface area contributed by atoms with Crippen LogP contribution in [-0.4, -0.2) is 105 Å². The minimum Gasteiger partial charge on any atom is -1.00 e. The molecule has 0 spiro atoms. The van der Waals surface area contributed by atoms with Crippen LogP contribution in [0, 0.1) is 13.8 Å². The normalized spacial score (nSPS) is 16.9. The summed E-state index contributed by atoms with van der Waals surface area (Å²) in [7, 11) is 2.03. The van der Waals surface area contributed by atoms with Crippen molar-refractivity contribution in [1.29, 1.82) is 0 Å². The molecule has 1 saturated carbocycles. The van der Waals surface area contributed by atoms with E-state index in [1.54, 1.807) is 15.9 Å². The van der Waals surface area contributed by atoms with Crippen LogP contribution in [0.25, 0.3) is 10.9 Å². The van der Waals surface area contributed by atoms with Crippen molar-refractivity contribution in [2.75, 3.05) is 53.9 Å². The molecule has 0 bridgehead atoms. The third kappa shape index (κ3) is 9.45. The highest BCUT2D eigenvalue weighted by Gasteiger charge is 2.47. The van der Waals surface area contributed by atoms with Gasteiger partial charge in [-0.05, 0) is 69.4 Å². The van der Waals surface area contributed by atoms with Gasteiger partial charge < -0.3 is 37.2 Å². The number of hydrogen-bond acceptors (Lipinski definition) is 7. The Bertz CT molecular complexity index is 1860.